The number of allylic oxidation sites excluding steroid dienone is 2. The zero-order valence-corrected chi connectivity index (χ0v) is 27.1. The summed E-state index contributed by atoms with van der Waals surface area (Å²) >= 11 is 0. The summed E-state index contributed by atoms with van der Waals surface area (Å²) in [4.78, 5) is 12.3. The van der Waals surface area contributed by atoms with Gasteiger partial charge in [0.25, 0.3) is 0 Å². The molecule has 0 aromatic carbocycles. The Balaban J connectivity index is 3.58. The van der Waals surface area contributed by atoms with E-state index in [9.17, 15) is 15.0 Å². The van der Waals surface area contributed by atoms with Gasteiger partial charge in [-0.2, -0.15) is 0 Å². The number of rotatable bonds is 32. The van der Waals surface area contributed by atoms with Crippen molar-refractivity contribution in [2.75, 3.05) is 6.61 Å². The molecule has 0 unspecified atom stereocenters. The highest BCUT2D eigenvalue weighted by Gasteiger charge is 2.19. The summed E-state index contributed by atoms with van der Waals surface area (Å²) in [5.41, 5.74) is 0. The average Bonchev–Trinajstić information content (AvgIpc) is 2.96. The summed E-state index contributed by atoms with van der Waals surface area (Å²) in [6, 6.07) is -0.545. The van der Waals surface area contributed by atoms with Gasteiger partial charge in [-0.1, -0.05) is 161 Å². The van der Waals surface area contributed by atoms with Gasteiger partial charge in [0.15, 0.2) is 0 Å². The highest BCUT2D eigenvalue weighted by Crippen LogP contribution is 2.14. The van der Waals surface area contributed by atoms with Crippen LogP contribution in [-0.4, -0.2) is 34.9 Å². The van der Waals surface area contributed by atoms with Gasteiger partial charge in [0, 0.05) is 6.42 Å². The van der Waals surface area contributed by atoms with Gasteiger partial charge in [-0.15, -0.1) is 0 Å². The number of hydrogen-bond acceptors (Lipinski definition) is 3. The van der Waals surface area contributed by atoms with Crippen molar-refractivity contribution in [3.05, 3.63) is 12.2 Å². The Labute approximate surface area is 250 Å². The molecule has 4 heteroatoms. The molecule has 1 amide bonds. The molecule has 0 radical (unpaired) electrons. The maximum absolute atomic E-state index is 12.3. The van der Waals surface area contributed by atoms with Crippen molar-refractivity contribution in [1.29, 1.82) is 0 Å². The molecular formula is C36H71NO3. The van der Waals surface area contributed by atoms with Crippen molar-refractivity contribution in [3.8, 4) is 0 Å². The first-order chi connectivity index (χ1) is 19.7. The van der Waals surface area contributed by atoms with E-state index in [0.717, 1.165) is 32.1 Å². The topological polar surface area (TPSA) is 69.6 Å². The summed E-state index contributed by atoms with van der Waals surface area (Å²) in [7, 11) is 0. The molecule has 0 saturated carbocycles. The van der Waals surface area contributed by atoms with Crippen LogP contribution in [0, 0.1) is 0 Å². The second-order valence-corrected chi connectivity index (χ2v) is 12.3. The van der Waals surface area contributed by atoms with Gasteiger partial charge in [0.05, 0.1) is 18.8 Å². The number of nitrogens with one attached hydrogen (secondary N) is 1. The fourth-order valence-electron chi connectivity index (χ4n) is 5.47. The minimum atomic E-state index is -0.674. The highest BCUT2D eigenvalue weighted by molar-refractivity contribution is 5.76. The molecule has 40 heavy (non-hydrogen) atoms. The van der Waals surface area contributed by atoms with Gasteiger partial charge in [0.2, 0.25) is 5.91 Å². The molecular weight excluding hydrogens is 494 g/mol. The molecule has 0 aromatic rings. The van der Waals surface area contributed by atoms with Crippen LogP contribution in [0.4, 0.5) is 0 Å². The normalized spacial score (nSPS) is 13.2. The van der Waals surface area contributed by atoms with Gasteiger partial charge in [-0.25, -0.2) is 0 Å². The lowest BCUT2D eigenvalue weighted by Crippen LogP contribution is -2.45. The van der Waals surface area contributed by atoms with Crippen molar-refractivity contribution in [1.82, 2.24) is 5.32 Å². The maximum atomic E-state index is 12.3. The first-order valence-corrected chi connectivity index (χ1v) is 17.9. The van der Waals surface area contributed by atoms with E-state index in [2.05, 4.69) is 31.3 Å². The van der Waals surface area contributed by atoms with Gasteiger partial charge in [0.1, 0.15) is 0 Å². The third kappa shape index (κ3) is 28.7. The number of carbonyl (C=O) groups is 1. The maximum Gasteiger partial charge on any atom is 0.220 e. The van der Waals surface area contributed by atoms with E-state index in [1.807, 2.05) is 0 Å². The highest BCUT2D eigenvalue weighted by atomic mass is 16.3. The van der Waals surface area contributed by atoms with E-state index in [1.54, 1.807) is 0 Å². The molecule has 0 heterocycles. The van der Waals surface area contributed by atoms with Crippen LogP contribution in [-0.2, 0) is 4.79 Å². The van der Waals surface area contributed by atoms with E-state index in [1.165, 1.54) is 135 Å². The Morgan fingerprint density at radius 1 is 0.575 bits per heavy atom. The Morgan fingerprint density at radius 2 is 0.950 bits per heavy atom. The number of aliphatic hydroxyl groups excluding tert-OH is 2. The predicted molar refractivity (Wildman–Crippen MR) is 175 cm³/mol. The summed E-state index contributed by atoms with van der Waals surface area (Å²) in [6.07, 6.45) is 38.4. The van der Waals surface area contributed by atoms with E-state index in [4.69, 9.17) is 0 Å². The predicted octanol–water partition coefficient (Wildman–Crippen LogP) is 10.3. The first-order valence-electron chi connectivity index (χ1n) is 17.9. The Kier molecular flexibility index (Phi) is 31.9. The van der Waals surface area contributed by atoms with Crippen LogP contribution < -0.4 is 5.32 Å². The fourth-order valence-corrected chi connectivity index (χ4v) is 5.47. The van der Waals surface area contributed by atoms with Crippen LogP contribution >= 0.6 is 0 Å². The average molecular weight is 566 g/mol. The van der Waals surface area contributed by atoms with Gasteiger partial charge in [-0.3, -0.25) is 4.79 Å². The van der Waals surface area contributed by atoms with Crippen LogP contribution in [0.1, 0.15) is 194 Å². The second-order valence-electron chi connectivity index (χ2n) is 12.3. The SMILES string of the molecule is CCCCCCCCCCCCC/C=C/CCCC[C@@H](O)[C@H](CO)NC(=O)CCCCCCCCCCCCC. The minimum Gasteiger partial charge on any atom is -0.394 e. The van der Waals surface area contributed by atoms with Crippen LogP contribution in [0.5, 0.6) is 0 Å². The van der Waals surface area contributed by atoms with Gasteiger partial charge < -0.3 is 15.5 Å². The molecule has 0 aliphatic rings. The third-order valence-corrected chi connectivity index (χ3v) is 8.28. The molecule has 2 atom stereocenters. The molecule has 0 rings (SSSR count). The second kappa shape index (κ2) is 32.6. The van der Waals surface area contributed by atoms with Crippen molar-refractivity contribution in [3.63, 3.8) is 0 Å². The molecule has 0 bridgehead atoms. The minimum absolute atomic E-state index is 0.0423. The monoisotopic (exact) mass is 566 g/mol. The summed E-state index contributed by atoms with van der Waals surface area (Å²) in [5, 5.41) is 23.0. The Morgan fingerprint density at radius 3 is 1.38 bits per heavy atom. The molecule has 0 aliphatic heterocycles. The standard InChI is InChI=1S/C36H71NO3/c1-3-5-7-9-11-13-15-16-17-18-19-20-22-23-25-27-29-31-35(39)34(33-38)37-36(40)32-30-28-26-24-21-14-12-10-8-6-4-2/h22-23,34-35,38-39H,3-21,24-33H2,1-2H3,(H,37,40)/b23-22+/t34-,35+/m0/s1. The Bertz CT molecular complexity index is 536. The molecule has 0 spiro atoms. The molecule has 0 saturated heterocycles. The molecule has 0 aliphatic carbocycles. The summed E-state index contributed by atoms with van der Waals surface area (Å²) < 4.78 is 0. The molecule has 238 valence electrons. The lowest BCUT2D eigenvalue weighted by Gasteiger charge is -2.22. The molecule has 3 N–H and O–H groups in total. The molecule has 4 nitrogen and oxygen atoms in total. The zero-order valence-electron chi connectivity index (χ0n) is 27.1. The Hall–Kier alpha value is -0.870. The number of amides is 1. The van der Waals surface area contributed by atoms with Crippen LogP contribution in [0.15, 0.2) is 12.2 Å². The van der Waals surface area contributed by atoms with E-state index >= 15 is 0 Å². The number of unbranched alkanes of at least 4 members (excludes halogenated alkanes) is 23. The van der Waals surface area contributed by atoms with Crippen molar-refractivity contribution in [2.45, 2.75) is 206 Å². The number of carbonyl (C=O) groups excluding carboxylic acids is 1. The first kappa shape index (κ1) is 39.1. The van der Waals surface area contributed by atoms with Gasteiger partial charge in [-0.05, 0) is 38.5 Å². The largest absolute Gasteiger partial charge is 0.394 e. The van der Waals surface area contributed by atoms with E-state index in [-0.39, 0.29) is 12.5 Å². The molecule has 0 fully saturated rings. The van der Waals surface area contributed by atoms with Crippen LogP contribution in [0.3, 0.4) is 0 Å². The quantitative estimate of drug-likeness (QED) is 0.0561. The molecule has 0 aromatic heterocycles. The number of hydrogen-bond donors (Lipinski definition) is 3. The fraction of sp³-hybridized carbons (Fsp3) is 0.917. The third-order valence-electron chi connectivity index (χ3n) is 8.28. The van der Waals surface area contributed by atoms with Crippen molar-refractivity contribution in [2.24, 2.45) is 0 Å². The lowest BCUT2D eigenvalue weighted by atomic mass is 10.0. The van der Waals surface area contributed by atoms with Gasteiger partial charge >= 0.3 is 0 Å². The van der Waals surface area contributed by atoms with Crippen LogP contribution in [0.25, 0.3) is 0 Å². The lowest BCUT2D eigenvalue weighted by molar-refractivity contribution is -0.123. The van der Waals surface area contributed by atoms with Crippen LogP contribution in [0.2, 0.25) is 0 Å². The van der Waals surface area contributed by atoms with Crippen molar-refractivity contribution < 1.29 is 15.0 Å². The zero-order chi connectivity index (χ0) is 29.4. The van der Waals surface area contributed by atoms with E-state index < -0.39 is 12.1 Å². The smallest absolute Gasteiger partial charge is 0.220 e. The number of aliphatic hydroxyl groups is 2. The summed E-state index contributed by atoms with van der Waals surface area (Å²) in [6.45, 7) is 4.33. The van der Waals surface area contributed by atoms with E-state index in [0.29, 0.717) is 12.8 Å². The summed E-state index contributed by atoms with van der Waals surface area (Å²) in [5.74, 6) is -0.0423. The van der Waals surface area contributed by atoms with Crippen molar-refractivity contribution >= 4 is 5.91 Å².